The van der Waals surface area contributed by atoms with Gasteiger partial charge in [0.25, 0.3) is 5.91 Å². The predicted octanol–water partition coefficient (Wildman–Crippen LogP) is 1.97. The fourth-order valence-electron chi connectivity index (χ4n) is 4.15. The first-order valence-electron chi connectivity index (χ1n) is 9.13. The maximum Gasteiger partial charge on any atom is 0.268 e. The van der Waals surface area contributed by atoms with Crippen molar-refractivity contribution in [3.63, 3.8) is 0 Å². The number of benzene rings is 1. The van der Waals surface area contributed by atoms with E-state index in [0.29, 0.717) is 24.6 Å². The Morgan fingerprint density at radius 3 is 2.92 bits per heavy atom. The molecule has 0 unspecified atom stereocenters. The number of fused-ring (bicyclic) bond motifs is 2. The van der Waals surface area contributed by atoms with E-state index in [1.807, 2.05) is 29.2 Å². The van der Waals surface area contributed by atoms with Gasteiger partial charge in [-0.25, -0.2) is 0 Å². The van der Waals surface area contributed by atoms with Crippen LogP contribution in [0.4, 0.5) is 5.69 Å². The maximum absolute atomic E-state index is 13.0. The monoisotopic (exact) mass is 344 g/mol. The van der Waals surface area contributed by atoms with E-state index in [0.717, 1.165) is 25.7 Å². The quantitative estimate of drug-likeness (QED) is 0.823. The molecular weight excluding hydrogens is 320 g/mol. The molecule has 3 aliphatic rings. The fraction of sp³-hybridized carbons (Fsp3) is 0.579. The van der Waals surface area contributed by atoms with Crippen LogP contribution in [0, 0.1) is 0 Å². The lowest BCUT2D eigenvalue weighted by molar-refractivity contribution is -0.149. The molecule has 2 fully saturated rings. The average Bonchev–Trinajstić information content (AvgIpc) is 2.64. The second-order valence-corrected chi connectivity index (χ2v) is 7.00. The zero-order valence-corrected chi connectivity index (χ0v) is 14.5. The summed E-state index contributed by atoms with van der Waals surface area (Å²) in [5.41, 5.74) is 0.674. The summed E-state index contributed by atoms with van der Waals surface area (Å²) >= 11 is 0. The van der Waals surface area contributed by atoms with Gasteiger partial charge in [-0.3, -0.25) is 14.5 Å². The first-order chi connectivity index (χ1) is 12.1. The fourth-order valence-corrected chi connectivity index (χ4v) is 4.15. The second-order valence-electron chi connectivity index (χ2n) is 7.00. The molecule has 25 heavy (non-hydrogen) atoms. The van der Waals surface area contributed by atoms with Gasteiger partial charge in [-0.1, -0.05) is 25.0 Å². The van der Waals surface area contributed by atoms with Crippen molar-refractivity contribution in [1.29, 1.82) is 0 Å². The Balaban J connectivity index is 1.54. The maximum atomic E-state index is 13.0. The van der Waals surface area contributed by atoms with Crippen LogP contribution in [0.3, 0.4) is 0 Å². The van der Waals surface area contributed by atoms with Crippen molar-refractivity contribution in [2.75, 3.05) is 24.6 Å². The number of morpholine rings is 1. The number of anilines is 1. The standard InChI is InChI=1S/C19H24N2O4/c1-13-19(23)21(15-7-3-5-9-17(15)25-13)12-18(22)20-10-11-24-16-8-4-2-6-14(16)20/h3,5,7,9,13-14,16H,2,4,6,8,10-12H2,1H3/t13-,14-,16-/m0/s1. The lowest BCUT2D eigenvalue weighted by Gasteiger charge is -2.44. The Labute approximate surface area is 147 Å². The van der Waals surface area contributed by atoms with Gasteiger partial charge in [0.2, 0.25) is 5.91 Å². The molecule has 2 heterocycles. The molecule has 0 aromatic heterocycles. The highest BCUT2D eigenvalue weighted by atomic mass is 16.5. The van der Waals surface area contributed by atoms with E-state index in [1.54, 1.807) is 11.8 Å². The topological polar surface area (TPSA) is 59.1 Å². The van der Waals surface area contributed by atoms with E-state index in [-0.39, 0.29) is 30.5 Å². The molecular formula is C19H24N2O4. The lowest BCUT2D eigenvalue weighted by Crippen LogP contribution is -2.58. The van der Waals surface area contributed by atoms with Crippen molar-refractivity contribution < 1.29 is 19.1 Å². The number of hydrogen-bond acceptors (Lipinski definition) is 4. The Morgan fingerprint density at radius 2 is 2.04 bits per heavy atom. The van der Waals surface area contributed by atoms with Crippen LogP contribution < -0.4 is 9.64 Å². The number of amides is 2. The van der Waals surface area contributed by atoms with Crippen molar-refractivity contribution in [2.24, 2.45) is 0 Å². The van der Waals surface area contributed by atoms with Crippen molar-refractivity contribution >= 4 is 17.5 Å². The largest absolute Gasteiger partial charge is 0.479 e. The summed E-state index contributed by atoms with van der Waals surface area (Å²) in [7, 11) is 0. The van der Waals surface area contributed by atoms with Crippen LogP contribution >= 0.6 is 0 Å². The molecule has 6 nitrogen and oxygen atoms in total. The molecule has 3 atom stereocenters. The van der Waals surface area contributed by atoms with E-state index in [4.69, 9.17) is 9.47 Å². The van der Waals surface area contributed by atoms with Crippen LogP contribution in [0.25, 0.3) is 0 Å². The summed E-state index contributed by atoms with van der Waals surface area (Å²) in [6.07, 6.45) is 3.87. The normalized spacial score (nSPS) is 28.8. The number of nitrogens with zero attached hydrogens (tertiary/aromatic N) is 2. The van der Waals surface area contributed by atoms with Crippen LogP contribution in [0.15, 0.2) is 24.3 Å². The van der Waals surface area contributed by atoms with Crippen LogP contribution in [0.1, 0.15) is 32.6 Å². The zero-order valence-electron chi connectivity index (χ0n) is 14.5. The van der Waals surface area contributed by atoms with Gasteiger partial charge in [-0.2, -0.15) is 0 Å². The smallest absolute Gasteiger partial charge is 0.268 e. The molecule has 0 radical (unpaired) electrons. The van der Waals surface area contributed by atoms with Gasteiger partial charge < -0.3 is 14.4 Å². The van der Waals surface area contributed by atoms with Crippen LogP contribution in [-0.4, -0.2) is 54.7 Å². The lowest BCUT2D eigenvalue weighted by atomic mass is 9.90. The SMILES string of the molecule is C[C@@H]1Oc2ccccc2N(CC(=O)N2CCO[C@H]3CCCC[C@@H]32)C1=O. The third kappa shape index (κ3) is 2.99. The summed E-state index contributed by atoms with van der Waals surface area (Å²) in [4.78, 5) is 29.1. The third-order valence-electron chi connectivity index (χ3n) is 5.42. The minimum Gasteiger partial charge on any atom is -0.479 e. The highest BCUT2D eigenvalue weighted by Crippen LogP contribution is 2.34. The van der Waals surface area contributed by atoms with Gasteiger partial charge >= 0.3 is 0 Å². The van der Waals surface area contributed by atoms with Gasteiger partial charge in [0, 0.05) is 6.54 Å². The average molecular weight is 344 g/mol. The van der Waals surface area contributed by atoms with E-state index in [1.165, 1.54) is 0 Å². The molecule has 1 aromatic carbocycles. The highest BCUT2D eigenvalue weighted by Gasteiger charge is 2.39. The van der Waals surface area contributed by atoms with E-state index >= 15 is 0 Å². The van der Waals surface area contributed by atoms with Crippen LogP contribution in [0.2, 0.25) is 0 Å². The molecule has 6 heteroatoms. The van der Waals surface area contributed by atoms with Gasteiger partial charge in [0.1, 0.15) is 12.3 Å². The van der Waals surface area contributed by atoms with Gasteiger partial charge in [-0.15, -0.1) is 0 Å². The molecule has 134 valence electrons. The third-order valence-corrected chi connectivity index (χ3v) is 5.42. The number of para-hydroxylation sites is 2. The zero-order chi connectivity index (χ0) is 17.4. The first kappa shape index (κ1) is 16.4. The minimum atomic E-state index is -0.574. The van der Waals surface area contributed by atoms with Crippen LogP contribution in [0.5, 0.6) is 5.75 Å². The van der Waals surface area contributed by atoms with E-state index in [2.05, 4.69) is 0 Å². The molecule has 0 bridgehead atoms. The minimum absolute atomic E-state index is 0.00236. The number of ether oxygens (including phenoxy) is 2. The number of hydrogen-bond donors (Lipinski definition) is 0. The summed E-state index contributed by atoms with van der Waals surface area (Å²) in [6, 6.07) is 7.54. The van der Waals surface area contributed by atoms with Gasteiger partial charge in [0.05, 0.1) is 24.4 Å². The van der Waals surface area contributed by atoms with E-state index in [9.17, 15) is 9.59 Å². The Morgan fingerprint density at radius 1 is 1.24 bits per heavy atom. The molecule has 1 saturated carbocycles. The predicted molar refractivity (Wildman–Crippen MR) is 92.6 cm³/mol. The Kier molecular flexibility index (Phi) is 4.37. The number of carbonyl (C=O) groups is 2. The molecule has 2 aliphatic heterocycles. The van der Waals surface area contributed by atoms with Crippen molar-refractivity contribution in [2.45, 2.75) is 50.9 Å². The van der Waals surface area contributed by atoms with Crippen LogP contribution in [-0.2, 0) is 14.3 Å². The summed E-state index contributed by atoms with van der Waals surface area (Å²) < 4.78 is 11.5. The molecule has 0 N–H and O–H groups in total. The molecule has 1 aromatic rings. The van der Waals surface area contributed by atoms with Crippen molar-refractivity contribution in [3.8, 4) is 5.75 Å². The number of rotatable bonds is 2. The first-order valence-corrected chi connectivity index (χ1v) is 9.13. The summed E-state index contributed by atoms with van der Waals surface area (Å²) in [5.74, 6) is 0.484. The Hall–Kier alpha value is -2.08. The summed E-state index contributed by atoms with van der Waals surface area (Å²) in [6.45, 7) is 2.97. The van der Waals surface area contributed by atoms with Gasteiger partial charge in [-0.05, 0) is 31.9 Å². The Bertz CT molecular complexity index is 675. The second kappa shape index (κ2) is 6.67. The molecule has 1 saturated heterocycles. The number of carbonyl (C=O) groups excluding carboxylic acids is 2. The van der Waals surface area contributed by atoms with Crippen molar-refractivity contribution in [3.05, 3.63) is 24.3 Å². The van der Waals surface area contributed by atoms with Crippen molar-refractivity contribution in [1.82, 2.24) is 4.90 Å². The molecule has 0 spiro atoms. The molecule has 4 rings (SSSR count). The highest BCUT2D eigenvalue weighted by molar-refractivity contribution is 6.03. The molecule has 1 aliphatic carbocycles. The van der Waals surface area contributed by atoms with Gasteiger partial charge in [0.15, 0.2) is 6.10 Å². The van der Waals surface area contributed by atoms with E-state index < -0.39 is 6.10 Å². The molecule has 2 amide bonds. The summed E-state index contributed by atoms with van der Waals surface area (Å²) in [5, 5.41) is 0.